The molecule has 1 heterocycles. The molecule has 1 saturated heterocycles. The molecule has 0 aliphatic carbocycles. The van der Waals surface area contributed by atoms with Gasteiger partial charge in [-0.15, -0.1) is 0 Å². The average molecular weight is 402 g/mol. The minimum atomic E-state index is -4.40. The van der Waals surface area contributed by atoms with Gasteiger partial charge in [0.05, 0.1) is 19.2 Å². The Hall–Kier alpha value is -2.29. The second-order valence-corrected chi connectivity index (χ2v) is 7.77. The number of esters is 1. The Kier molecular flexibility index (Phi) is 6.27. The number of methoxy groups -OCH3 is 1. The van der Waals surface area contributed by atoms with Gasteiger partial charge in [0.25, 0.3) is 0 Å². The van der Waals surface area contributed by atoms with E-state index in [1.54, 1.807) is 20.8 Å². The first-order chi connectivity index (χ1) is 12.9. The van der Waals surface area contributed by atoms with Crippen LogP contribution in [0.2, 0.25) is 0 Å². The van der Waals surface area contributed by atoms with Gasteiger partial charge in [-0.1, -0.05) is 12.1 Å². The molecule has 6 nitrogen and oxygen atoms in total. The summed E-state index contributed by atoms with van der Waals surface area (Å²) in [5.41, 5.74) is -1.97. The molecule has 1 N–H and O–H groups in total. The molecule has 28 heavy (non-hydrogen) atoms. The van der Waals surface area contributed by atoms with Crippen LogP contribution < -0.4 is 5.32 Å². The van der Waals surface area contributed by atoms with Crippen molar-refractivity contribution in [2.24, 2.45) is 0 Å². The minimum Gasteiger partial charge on any atom is -0.468 e. The molecule has 1 atom stereocenters. The summed E-state index contributed by atoms with van der Waals surface area (Å²) in [5, 5.41) is 3.06. The SMILES string of the molecule is COC(=O)C1(NCc2ccc(C(F)(F)F)cc2)CCN(C(=O)OC(C)(C)C)C1. The molecule has 9 heteroatoms. The summed E-state index contributed by atoms with van der Waals surface area (Å²) < 4.78 is 48.2. The topological polar surface area (TPSA) is 67.9 Å². The Labute approximate surface area is 162 Å². The molecule has 1 aliphatic heterocycles. The normalized spacial score (nSPS) is 20.2. The van der Waals surface area contributed by atoms with Crippen molar-refractivity contribution in [1.82, 2.24) is 10.2 Å². The number of hydrogen-bond acceptors (Lipinski definition) is 5. The van der Waals surface area contributed by atoms with Gasteiger partial charge < -0.3 is 14.4 Å². The zero-order valence-corrected chi connectivity index (χ0v) is 16.4. The molecule has 1 aromatic carbocycles. The highest BCUT2D eigenvalue weighted by Crippen LogP contribution is 2.29. The molecule has 0 spiro atoms. The smallest absolute Gasteiger partial charge is 0.416 e. The summed E-state index contributed by atoms with van der Waals surface area (Å²) in [4.78, 5) is 26.1. The highest BCUT2D eigenvalue weighted by Gasteiger charge is 2.47. The van der Waals surface area contributed by atoms with Gasteiger partial charge in [-0.2, -0.15) is 13.2 Å². The fraction of sp³-hybridized carbons (Fsp3) is 0.579. The van der Waals surface area contributed by atoms with Crippen LogP contribution in [0.4, 0.5) is 18.0 Å². The molecule has 156 valence electrons. The third-order valence-corrected chi connectivity index (χ3v) is 4.41. The molecule has 0 saturated carbocycles. The fourth-order valence-electron chi connectivity index (χ4n) is 2.95. The number of halogens is 3. The number of hydrogen-bond donors (Lipinski definition) is 1. The fourth-order valence-corrected chi connectivity index (χ4v) is 2.95. The van der Waals surface area contributed by atoms with Crippen molar-refractivity contribution in [3.63, 3.8) is 0 Å². The van der Waals surface area contributed by atoms with Gasteiger partial charge in [-0.05, 0) is 44.9 Å². The van der Waals surface area contributed by atoms with Crippen molar-refractivity contribution >= 4 is 12.1 Å². The number of likely N-dealkylation sites (tertiary alicyclic amines) is 1. The van der Waals surface area contributed by atoms with Crippen LogP contribution in [0.5, 0.6) is 0 Å². The quantitative estimate of drug-likeness (QED) is 0.783. The Morgan fingerprint density at radius 1 is 1.18 bits per heavy atom. The zero-order valence-electron chi connectivity index (χ0n) is 16.4. The lowest BCUT2D eigenvalue weighted by atomic mass is 9.98. The van der Waals surface area contributed by atoms with Crippen molar-refractivity contribution in [2.45, 2.75) is 51.1 Å². The van der Waals surface area contributed by atoms with E-state index < -0.39 is 34.9 Å². The number of alkyl halides is 3. The van der Waals surface area contributed by atoms with E-state index in [2.05, 4.69) is 5.32 Å². The number of nitrogens with one attached hydrogen (secondary N) is 1. The molecule has 0 radical (unpaired) electrons. The van der Waals surface area contributed by atoms with Gasteiger partial charge in [0.15, 0.2) is 0 Å². The number of rotatable bonds is 4. The Balaban J connectivity index is 2.08. The van der Waals surface area contributed by atoms with E-state index in [0.29, 0.717) is 18.5 Å². The molecular formula is C19H25F3N2O4. The molecule has 1 amide bonds. The minimum absolute atomic E-state index is 0.0508. The molecule has 0 aromatic heterocycles. The zero-order chi connectivity index (χ0) is 21.2. The van der Waals surface area contributed by atoms with Crippen LogP contribution in [0.25, 0.3) is 0 Å². The summed E-state index contributed by atoms with van der Waals surface area (Å²) >= 11 is 0. The Bertz CT molecular complexity index is 713. The number of ether oxygens (including phenoxy) is 2. The van der Waals surface area contributed by atoms with Gasteiger partial charge in [0.2, 0.25) is 0 Å². The standard InChI is InChI=1S/C19H25F3N2O4/c1-17(2,3)28-16(26)24-10-9-18(12-24,15(25)27-4)23-11-13-5-7-14(8-6-13)19(20,21)22/h5-8,23H,9-12H2,1-4H3. The van der Waals surface area contributed by atoms with E-state index in [4.69, 9.17) is 9.47 Å². The van der Waals surface area contributed by atoms with Crippen molar-refractivity contribution in [3.05, 3.63) is 35.4 Å². The van der Waals surface area contributed by atoms with Crippen molar-refractivity contribution in [2.75, 3.05) is 20.2 Å². The van der Waals surface area contributed by atoms with Crippen LogP contribution >= 0.6 is 0 Å². The molecule has 0 bridgehead atoms. The number of benzene rings is 1. The van der Waals surface area contributed by atoms with Crippen molar-refractivity contribution in [3.8, 4) is 0 Å². The van der Waals surface area contributed by atoms with E-state index >= 15 is 0 Å². The third-order valence-electron chi connectivity index (χ3n) is 4.41. The number of carbonyl (C=O) groups is 2. The Morgan fingerprint density at radius 2 is 1.79 bits per heavy atom. The van der Waals surface area contributed by atoms with E-state index in [1.165, 1.54) is 24.1 Å². The summed E-state index contributed by atoms with van der Waals surface area (Å²) in [6.45, 7) is 5.74. The Morgan fingerprint density at radius 3 is 2.29 bits per heavy atom. The van der Waals surface area contributed by atoms with E-state index in [9.17, 15) is 22.8 Å². The van der Waals surface area contributed by atoms with Gasteiger partial charge in [0, 0.05) is 13.1 Å². The first-order valence-electron chi connectivity index (χ1n) is 8.84. The predicted octanol–water partition coefficient (Wildman–Crippen LogP) is 3.35. The molecule has 1 fully saturated rings. The second kappa shape index (κ2) is 7.98. The summed E-state index contributed by atoms with van der Waals surface area (Å²) in [6.07, 6.45) is -4.63. The molecule has 1 aliphatic rings. The van der Waals surface area contributed by atoms with Crippen LogP contribution in [0.15, 0.2) is 24.3 Å². The van der Waals surface area contributed by atoms with Crippen LogP contribution in [-0.4, -0.2) is 48.3 Å². The van der Waals surface area contributed by atoms with E-state index in [-0.39, 0.29) is 13.1 Å². The maximum absolute atomic E-state index is 12.7. The summed E-state index contributed by atoms with van der Waals surface area (Å²) in [6, 6.07) is 4.68. The monoisotopic (exact) mass is 402 g/mol. The van der Waals surface area contributed by atoms with Crippen LogP contribution in [0, 0.1) is 0 Å². The lowest BCUT2D eigenvalue weighted by Gasteiger charge is -2.29. The van der Waals surface area contributed by atoms with Crippen LogP contribution in [-0.2, 0) is 27.0 Å². The highest BCUT2D eigenvalue weighted by atomic mass is 19.4. The molecule has 2 rings (SSSR count). The van der Waals surface area contributed by atoms with Gasteiger partial charge in [0.1, 0.15) is 11.1 Å². The first-order valence-corrected chi connectivity index (χ1v) is 8.84. The average Bonchev–Trinajstić information content (AvgIpc) is 3.03. The number of carbonyl (C=O) groups excluding carboxylic acids is 2. The maximum Gasteiger partial charge on any atom is 0.416 e. The number of nitrogens with zero attached hydrogens (tertiary/aromatic N) is 1. The molecular weight excluding hydrogens is 377 g/mol. The lowest BCUT2D eigenvalue weighted by Crippen LogP contribution is -2.54. The molecule has 1 aromatic rings. The van der Waals surface area contributed by atoms with Crippen LogP contribution in [0.3, 0.4) is 0 Å². The largest absolute Gasteiger partial charge is 0.468 e. The molecule has 1 unspecified atom stereocenters. The summed E-state index contributed by atoms with van der Waals surface area (Å²) in [5.74, 6) is -0.537. The second-order valence-electron chi connectivity index (χ2n) is 7.77. The van der Waals surface area contributed by atoms with Crippen LogP contribution in [0.1, 0.15) is 38.3 Å². The lowest BCUT2D eigenvalue weighted by molar-refractivity contribution is -0.148. The van der Waals surface area contributed by atoms with Gasteiger partial charge >= 0.3 is 18.2 Å². The van der Waals surface area contributed by atoms with Crippen molar-refractivity contribution < 1.29 is 32.2 Å². The summed E-state index contributed by atoms with van der Waals surface area (Å²) in [7, 11) is 1.25. The maximum atomic E-state index is 12.7. The predicted molar refractivity (Wildman–Crippen MR) is 95.5 cm³/mol. The van der Waals surface area contributed by atoms with E-state index in [1.807, 2.05) is 0 Å². The van der Waals surface area contributed by atoms with Gasteiger partial charge in [-0.3, -0.25) is 5.32 Å². The first kappa shape index (κ1) is 22.0. The number of amides is 1. The van der Waals surface area contributed by atoms with Crippen molar-refractivity contribution in [1.29, 1.82) is 0 Å². The third kappa shape index (κ3) is 5.37. The highest BCUT2D eigenvalue weighted by molar-refractivity contribution is 5.83. The van der Waals surface area contributed by atoms with Gasteiger partial charge in [-0.25, -0.2) is 9.59 Å². The van der Waals surface area contributed by atoms with E-state index in [0.717, 1.165) is 12.1 Å².